The molecule has 0 aromatic carbocycles. The van der Waals surface area contributed by atoms with Crippen LogP contribution < -0.4 is 10.6 Å². The number of nitrogens with one attached hydrogen (secondary N) is 2. The van der Waals surface area contributed by atoms with Crippen LogP contribution >= 0.6 is 11.3 Å². The van der Waals surface area contributed by atoms with Gasteiger partial charge in [0.25, 0.3) is 5.91 Å². The fourth-order valence-corrected chi connectivity index (χ4v) is 3.02. The SMILES string of the molecule is O=C1C=CCc2c1sc1c2C(=O)NCN1. The Morgan fingerprint density at radius 3 is 3.00 bits per heavy atom. The van der Waals surface area contributed by atoms with Crippen molar-refractivity contribution < 1.29 is 9.59 Å². The number of rotatable bonds is 0. The second kappa shape index (κ2) is 2.93. The Bertz CT molecular complexity index is 502. The molecule has 2 N–H and O–H groups in total. The maximum absolute atomic E-state index is 11.6. The number of hydrogen-bond donors (Lipinski definition) is 2. The lowest BCUT2D eigenvalue weighted by Crippen LogP contribution is -2.34. The monoisotopic (exact) mass is 220 g/mol. The molecule has 1 amide bonds. The highest BCUT2D eigenvalue weighted by Gasteiger charge is 2.29. The van der Waals surface area contributed by atoms with E-state index in [-0.39, 0.29) is 11.7 Å². The van der Waals surface area contributed by atoms with Gasteiger partial charge in [0.15, 0.2) is 5.78 Å². The van der Waals surface area contributed by atoms with Gasteiger partial charge in [-0.2, -0.15) is 0 Å². The Balaban J connectivity index is 2.24. The third-order valence-corrected chi connectivity index (χ3v) is 3.75. The fraction of sp³-hybridized carbons (Fsp3) is 0.200. The lowest BCUT2D eigenvalue weighted by Gasteiger charge is -2.15. The van der Waals surface area contributed by atoms with E-state index in [2.05, 4.69) is 10.6 Å². The minimum absolute atomic E-state index is 0.00486. The summed E-state index contributed by atoms with van der Waals surface area (Å²) in [6.45, 7) is 0.437. The molecule has 3 rings (SSSR count). The molecule has 0 atom stereocenters. The lowest BCUT2D eigenvalue weighted by molar-refractivity contribution is 0.0952. The number of hydrogen-bond acceptors (Lipinski definition) is 4. The zero-order valence-electron chi connectivity index (χ0n) is 7.79. The molecule has 4 nitrogen and oxygen atoms in total. The zero-order valence-corrected chi connectivity index (χ0v) is 8.61. The maximum atomic E-state index is 11.6. The molecule has 0 saturated heterocycles. The van der Waals surface area contributed by atoms with Crippen LogP contribution in [0.4, 0.5) is 5.00 Å². The molecular formula is C10H8N2O2S. The van der Waals surface area contributed by atoms with E-state index in [0.717, 1.165) is 10.6 Å². The molecule has 0 spiro atoms. The lowest BCUT2D eigenvalue weighted by atomic mass is 9.99. The number of amides is 1. The van der Waals surface area contributed by atoms with Gasteiger partial charge in [-0.1, -0.05) is 6.08 Å². The minimum Gasteiger partial charge on any atom is -0.359 e. The highest BCUT2D eigenvalue weighted by Crippen LogP contribution is 2.37. The summed E-state index contributed by atoms with van der Waals surface area (Å²) in [7, 11) is 0. The average Bonchev–Trinajstić information content (AvgIpc) is 2.59. The first kappa shape index (κ1) is 8.67. The molecule has 76 valence electrons. The van der Waals surface area contributed by atoms with E-state index in [1.807, 2.05) is 0 Å². The largest absolute Gasteiger partial charge is 0.359 e. The highest BCUT2D eigenvalue weighted by molar-refractivity contribution is 7.18. The molecular weight excluding hydrogens is 212 g/mol. The number of carbonyl (C=O) groups excluding carboxylic acids is 2. The summed E-state index contributed by atoms with van der Waals surface area (Å²) in [5.74, 6) is -0.0744. The van der Waals surface area contributed by atoms with E-state index in [0.29, 0.717) is 23.5 Å². The van der Waals surface area contributed by atoms with Gasteiger partial charge in [0.05, 0.1) is 17.1 Å². The molecule has 1 aromatic rings. The Labute approximate surface area is 90.0 Å². The van der Waals surface area contributed by atoms with Crippen molar-refractivity contribution in [2.24, 2.45) is 0 Å². The van der Waals surface area contributed by atoms with Crippen molar-refractivity contribution in [2.75, 3.05) is 12.0 Å². The van der Waals surface area contributed by atoms with Gasteiger partial charge < -0.3 is 10.6 Å². The quantitative estimate of drug-likeness (QED) is 0.689. The molecule has 0 unspecified atom stereocenters. The predicted molar refractivity (Wildman–Crippen MR) is 57.4 cm³/mol. The number of fused-ring (bicyclic) bond motifs is 3. The van der Waals surface area contributed by atoms with E-state index in [1.54, 1.807) is 12.2 Å². The van der Waals surface area contributed by atoms with Gasteiger partial charge in [-0.15, -0.1) is 11.3 Å². The van der Waals surface area contributed by atoms with Gasteiger partial charge in [0.2, 0.25) is 0 Å². The molecule has 0 fully saturated rings. The van der Waals surface area contributed by atoms with Crippen molar-refractivity contribution in [1.29, 1.82) is 0 Å². The topological polar surface area (TPSA) is 58.2 Å². The molecule has 0 bridgehead atoms. The van der Waals surface area contributed by atoms with Gasteiger partial charge in [-0.25, -0.2) is 0 Å². The summed E-state index contributed by atoms with van der Waals surface area (Å²) in [5.41, 5.74) is 1.52. The first-order valence-corrected chi connectivity index (χ1v) is 5.47. The van der Waals surface area contributed by atoms with Crippen LogP contribution in [-0.4, -0.2) is 18.4 Å². The molecule has 1 aliphatic carbocycles. The van der Waals surface area contributed by atoms with Crippen molar-refractivity contribution in [3.8, 4) is 0 Å². The number of thiophene rings is 1. The Morgan fingerprint density at radius 1 is 1.27 bits per heavy atom. The van der Waals surface area contributed by atoms with Gasteiger partial charge in [0, 0.05) is 0 Å². The summed E-state index contributed by atoms with van der Waals surface area (Å²) in [5, 5.41) is 6.61. The molecule has 0 saturated carbocycles. The van der Waals surface area contributed by atoms with Crippen molar-refractivity contribution >= 4 is 28.0 Å². The standard InChI is InChI=1S/C10H8N2O2S/c13-6-3-1-2-5-7-9(14)11-4-12-10(7)15-8(5)6/h1,3,12H,2,4H2,(H,11,14). The average molecular weight is 220 g/mol. The Hall–Kier alpha value is -1.62. The number of anilines is 1. The van der Waals surface area contributed by atoms with Crippen LogP contribution in [0.3, 0.4) is 0 Å². The van der Waals surface area contributed by atoms with Crippen molar-refractivity contribution in [1.82, 2.24) is 5.32 Å². The normalized spacial score (nSPS) is 17.9. The van der Waals surface area contributed by atoms with E-state index >= 15 is 0 Å². The molecule has 5 heteroatoms. The first-order valence-electron chi connectivity index (χ1n) is 4.66. The minimum atomic E-state index is -0.0793. The third-order valence-electron chi connectivity index (χ3n) is 2.55. The summed E-state index contributed by atoms with van der Waals surface area (Å²) in [6, 6.07) is 0. The van der Waals surface area contributed by atoms with Crippen LogP contribution in [0.2, 0.25) is 0 Å². The second-order valence-electron chi connectivity index (χ2n) is 3.44. The number of carbonyl (C=O) groups is 2. The van der Waals surface area contributed by atoms with Crippen molar-refractivity contribution in [2.45, 2.75) is 6.42 Å². The molecule has 1 aromatic heterocycles. The molecule has 2 heterocycles. The van der Waals surface area contributed by atoms with E-state index in [4.69, 9.17) is 0 Å². The third kappa shape index (κ3) is 1.13. The Morgan fingerprint density at radius 2 is 2.13 bits per heavy atom. The Kier molecular flexibility index (Phi) is 1.70. The van der Waals surface area contributed by atoms with Crippen LogP contribution in [-0.2, 0) is 6.42 Å². The van der Waals surface area contributed by atoms with Gasteiger partial charge in [-0.3, -0.25) is 9.59 Å². The van der Waals surface area contributed by atoms with E-state index in [9.17, 15) is 9.59 Å². The van der Waals surface area contributed by atoms with E-state index < -0.39 is 0 Å². The first-order chi connectivity index (χ1) is 7.27. The van der Waals surface area contributed by atoms with Gasteiger partial charge in [-0.05, 0) is 18.1 Å². The van der Waals surface area contributed by atoms with Crippen LogP contribution in [0.25, 0.3) is 0 Å². The maximum Gasteiger partial charge on any atom is 0.255 e. The summed E-state index contributed by atoms with van der Waals surface area (Å²) >= 11 is 1.38. The number of ketones is 1. The van der Waals surface area contributed by atoms with Crippen LogP contribution in [0.5, 0.6) is 0 Å². The zero-order chi connectivity index (χ0) is 10.4. The van der Waals surface area contributed by atoms with Crippen molar-refractivity contribution in [3.63, 3.8) is 0 Å². The molecule has 15 heavy (non-hydrogen) atoms. The van der Waals surface area contributed by atoms with Gasteiger partial charge >= 0.3 is 0 Å². The summed E-state index contributed by atoms with van der Waals surface area (Å²) < 4.78 is 0. The number of allylic oxidation sites excluding steroid dienone is 2. The molecule has 0 radical (unpaired) electrons. The molecule has 1 aliphatic heterocycles. The predicted octanol–water partition coefficient (Wildman–Crippen LogP) is 1.16. The van der Waals surface area contributed by atoms with Gasteiger partial charge in [0.1, 0.15) is 5.00 Å². The highest BCUT2D eigenvalue weighted by atomic mass is 32.1. The van der Waals surface area contributed by atoms with Crippen LogP contribution in [0.15, 0.2) is 12.2 Å². The summed E-state index contributed by atoms with van der Waals surface area (Å²) in [6.07, 6.45) is 4.05. The van der Waals surface area contributed by atoms with Crippen molar-refractivity contribution in [3.05, 3.63) is 28.2 Å². The van der Waals surface area contributed by atoms with E-state index in [1.165, 1.54) is 11.3 Å². The fourth-order valence-electron chi connectivity index (χ4n) is 1.88. The summed E-state index contributed by atoms with van der Waals surface area (Å²) in [4.78, 5) is 23.9. The molecule has 2 aliphatic rings. The second-order valence-corrected chi connectivity index (χ2v) is 4.46. The van der Waals surface area contributed by atoms with Crippen LogP contribution in [0.1, 0.15) is 25.6 Å². The smallest absolute Gasteiger partial charge is 0.255 e. The van der Waals surface area contributed by atoms with Crippen LogP contribution in [0, 0.1) is 0 Å².